The second-order valence-electron chi connectivity index (χ2n) is 10.0. The molecule has 1 saturated heterocycles. The van der Waals surface area contributed by atoms with E-state index in [0.717, 1.165) is 24.2 Å². The third kappa shape index (κ3) is 5.44. The van der Waals surface area contributed by atoms with Gasteiger partial charge in [0.05, 0.1) is 19.1 Å². The van der Waals surface area contributed by atoms with E-state index in [1.165, 1.54) is 6.07 Å². The Balaban J connectivity index is 1.40. The Bertz CT molecular complexity index is 1290. The number of allylic oxidation sites excluding steroid dienone is 4. The zero-order valence-corrected chi connectivity index (χ0v) is 20.8. The first kappa shape index (κ1) is 24.8. The molecule has 2 unspecified atom stereocenters. The van der Waals surface area contributed by atoms with Crippen LogP contribution in [0.4, 0.5) is 15.8 Å². The molecule has 1 fully saturated rings. The smallest absolute Gasteiger partial charge is 0.271 e. The zero-order valence-electron chi connectivity index (χ0n) is 20.8. The minimum Gasteiger partial charge on any atom is -0.399 e. The van der Waals surface area contributed by atoms with Gasteiger partial charge in [-0.3, -0.25) is 9.59 Å². The van der Waals surface area contributed by atoms with E-state index in [-0.39, 0.29) is 30.3 Å². The normalized spacial score (nSPS) is 22.6. The Morgan fingerprint density at radius 1 is 1.14 bits per heavy atom. The van der Waals surface area contributed by atoms with Gasteiger partial charge in [0.15, 0.2) is 0 Å². The molecule has 0 saturated carbocycles. The molecule has 2 heterocycles. The van der Waals surface area contributed by atoms with Crippen molar-refractivity contribution in [3.05, 3.63) is 95.2 Å². The van der Waals surface area contributed by atoms with Gasteiger partial charge in [-0.05, 0) is 61.4 Å². The summed E-state index contributed by atoms with van der Waals surface area (Å²) < 4.78 is 20.2. The number of hydrogen-bond acceptors (Lipinski definition) is 5. The molecule has 2 amide bonds. The number of rotatable bonds is 7. The number of nitrogens with one attached hydrogen (secondary N) is 2. The van der Waals surface area contributed by atoms with Gasteiger partial charge in [0.2, 0.25) is 5.91 Å². The van der Waals surface area contributed by atoms with Gasteiger partial charge < -0.3 is 26.0 Å². The lowest BCUT2D eigenvalue weighted by molar-refractivity contribution is -0.122. The Kier molecular flexibility index (Phi) is 6.84. The van der Waals surface area contributed by atoms with Gasteiger partial charge in [0, 0.05) is 46.8 Å². The molecule has 2 aromatic rings. The highest BCUT2D eigenvalue weighted by Crippen LogP contribution is 2.48. The molecule has 192 valence electrons. The van der Waals surface area contributed by atoms with E-state index in [9.17, 15) is 14.0 Å². The second kappa shape index (κ2) is 10.2. The lowest BCUT2D eigenvalue weighted by atomic mass is 9.80. The average molecular weight is 503 g/mol. The first-order chi connectivity index (χ1) is 17.8. The summed E-state index contributed by atoms with van der Waals surface area (Å²) in [6.45, 7) is 2.92. The number of anilines is 2. The quantitative estimate of drug-likeness (QED) is 0.481. The fourth-order valence-electron chi connectivity index (χ4n) is 5.19. The van der Waals surface area contributed by atoms with Gasteiger partial charge in [-0.1, -0.05) is 25.1 Å². The summed E-state index contributed by atoms with van der Waals surface area (Å²) >= 11 is 0. The Morgan fingerprint density at radius 3 is 2.65 bits per heavy atom. The number of amides is 2. The number of carbonyl (C=O) groups is 2. The number of hydrogen-bond donors (Lipinski definition) is 3. The SMILES string of the molecule is CC12C=C(C(=O)Nc3ccc(N)cc3)N(Cc3ccccc3F)C1=CC=C(NC(=O)CC1CCCO1)C2. The van der Waals surface area contributed by atoms with E-state index < -0.39 is 5.41 Å². The summed E-state index contributed by atoms with van der Waals surface area (Å²) in [5.74, 6) is -0.713. The molecule has 2 aromatic carbocycles. The molecule has 0 aromatic heterocycles. The molecule has 8 heteroatoms. The summed E-state index contributed by atoms with van der Waals surface area (Å²) in [4.78, 5) is 27.9. The van der Waals surface area contributed by atoms with Crippen LogP contribution in [0.3, 0.4) is 0 Å². The monoisotopic (exact) mass is 502 g/mol. The van der Waals surface area contributed by atoms with Crippen LogP contribution in [-0.4, -0.2) is 29.4 Å². The van der Waals surface area contributed by atoms with Crippen molar-refractivity contribution in [2.24, 2.45) is 5.41 Å². The molecule has 2 aliphatic heterocycles. The average Bonchev–Trinajstić information content (AvgIpc) is 3.47. The lowest BCUT2D eigenvalue weighted by Crippen LogP contribution is -2.33. The third-order valence-electron chi connectivity index (χ3n) is 7.05. The summed E-state index contributed by atoms with van der Waals surface area (Å²) in [7, 11) is 0. The van der Waals surface area contributed by atoms with Crippen molar-refractivity contribution in [3.63, 3.8) is 0 Å². The predicted molar refractivity (Wildman–Crippen MR) is 140 cm³/mol. The fraction of sp³-hybridized carbons (Fsp3) is 0.310. The molecule has 3 aliphatic rings. The molecule has 1 aliphatic carbocycles. The summed E-state index contributed by atoms with van der Waals surface area (Å²) in [6.07, 6.45) is 8.36. The highest BCUT2D eigenvalue weighted by molar-refractivity contribution is 6.04. The van der Waals surface area contributed by atoms with E-state index in [1.54, 1.807) is 42.5 Å². The topological polar surface area (TPSA) is 96.7 Å². The maximum atomic E-state index is 14.6. The van der Waals surface area contributed by atoms with Crippen molar-refractivity contribution < 1.29 is 18.7 Å². The molecule has 7 nitrogen and oxygen atoms in total. The van der Waals surface area contributed by atoms with Gasteiger partial charge in [-0.2, -0.15) is 0 Å². The van der Waals surface area contributed by atoms with Gasteiger partial charge in [-0.15, -0.1) is 0 Å². The van der Waals surface area contributed by atoms with Crippen molar-refractivity contribution in [1.29, 1.82) is 0 Å². The molecule has 0 bridgehead atoms. The van der Waals surface area contributed by atoms with Gasteiger partial charge in [-0.25, -0.2) is 4.39 Å². The molecule has 0 spiro atoms. The first-order valence-corrected chi connectivity index (χ1v) is 12.5. The third-order valence-corrected chi connectivity index (χ3v) is 7.05. The van der Waals surface area contributed by atoms with Crippen molar-refractivity contribution in [2.75, 3.05) is 17.7 Å². The van der Waals surface area contributed by atoms with E-state index >= 15 is 0 Å². The van der Waals surface area contributed by atoms with Crippen molar-refractivity contribution in [3.8, 4) is 0 Å². The van der Waals surface area contributed by atoms with E-state index in [4.69, 9.17) is 10.5 Å². The van der Waals surface area contributed by atoms with Crippen LogP contribution in [0.15, 0.2) is 83.9 Å². The Hall–Kier alpha value is -3.91. The molecule has 2 atom stereocenters. The maximum absolute atomic E-state index is 14.6. The second-order valence-corrected chi connectivity index (χ2v) is 10.0. The van der Waals surface area contributed by atoms with Crippen LogP contribution in [0, 0.1) is 11.2 Å². The van der Waals surface area contributed by atoms with E-state index in [1.807, 2.05) is 30.1 Å². The highest BCUT2D eigenvalue weighted by atomic mass is 19.1. The number of nitrogen functional groups attached to an aromatic ring is 1. The number of fused-ring (bicyclic) bond motifs is 1. The van der Waals surface area contributed by atoms with Crippen LogP contribution >= 0.6 is 0 Å². The summed E-state index contributed by atoms with van der Waals surface area (Å²) in [5.41, 5.74) is 8.98. The minimum absolute atomic E-state index is 0.0304. The van der Waals surface area contributed by atoms with Crippen LogP contribution in [0.25, 0.3) is 0 Å². The largest absolute Gasteiger partial charge is 0.399 e. The van der Waals surface area contributed by atoms with Gasteiger partial charge >= 0.3 is 0 Å². The standard InChI is InChI=1S/C29H31FN4O3/c1-29-16-22(32-27(35)15-23-6-4-14-37-23)12-13-26(29)34(18-19-5-2-3-7-24(19)30)25(17-29)28(36)33-21-10-8-20(31)9-11-21/h2-3,5,7-13,17,23H,4,6,14-16,18,31H2,1H3,(H,32,35)(H,33,36). The number of nitrogens with two attached hydrogens (primary N) is 1. The zero-order chi connectivity index (χ0) is 26.0. The van der Waals surface area contributed by atoms with Crippen molar-refractivity contribution in [2.45, 2.75) is 45.3 Å². The Labute approximate surface area is 215 Å². The number of carbonyl (C=O) groups excluding carboxylic acids is 2. The summed E-state index contributed by atoms with van der Waals surface area (Å²) in [6, 6.07) is 13.5. The first-order valence-electron chi connectivity index (χ1n) is 12.5. The van der Waals surface area contributed by atoms with Crippen LogP contribution in [-0.2, 0) is 20.9 Å². The van der Waals surface area contributed by atoms with E-state index in [0.29, 0.717) is 42.1 Å². The lowest BCUT2D eigenvalue weighted by Gasteiger charge is -2.34. The number of halogens is 1. The number of benzene rings is 2. The molecular formula is C29H31FN4O3. The Morgan fingerprint density at radius 2 is 1.92 bits per heavy atom. The predicted octanol–water partition coefficient (Wildman–Crippen LogP) is 4.61. The number of ether oxygens (including phenoxy) is 1. The summed E-state index contributed by atoms with van der Waals surface area (Å²) in [5, 5.41) is 5.95. The molecule has 5 rings (SSSR count). The molecular weight excluding hydrogens is 471 g/mol. The molecule has 0 radical (unpaired) electrons. The van der Waals surface area contributed by atoms with Crippen LogP contribution in [0.2, 0.25) is 0 Å². The van der Waals surface area contributed by atoms with Gasteiger partial charge in [0.1, 0.15) is 11.5 Å². The highest BCUT2D eigenvalue weighted by Gasteiger charge is 2.43. The molecule has 4 N–H and O–H groups in total. The number of nitrogens with zero attached hydrogens (tertiary/aromatic N) is 1. The van der Waals surface area contributed by atoms with E-state index in [2.05, 4.69) is 10.6 Å². The van der Waals surface area contributed by atoms with Crippen molar-refractivity contribution in [1.82, 2.24) is 10.2 Å². The fourth-order valence-corrected chi connectivity index (χ4v) is 5.19. The van der Waals surface area contributed by atoms with Crippen molar-refractivity contribution >= 4 is 23.2 Å². The minimum atomic E-state index is -0.555. The van der Waals surface area contributed by atoms with Crippen LogP contribution in [0.5, 0.6) is 0 Å². The van der Waals surface area contributed by atoms with Crippen LogP contribution < -0.4 is 16.4 Å². The van der Waals surface area contributed by atoms with Gasteiger partial charge in [0.25, 0.3) is 5.91 Å². The maximum Gasteiger partial charge on any atom is 0.271 e. The molecule has 37 heavy (non-hydrogen) atoms. The van der Waals surface area contributed by atoms with Crippen LogP contribution in [0.1, 0.15) is 38.2 Å².